The molecule has 1 N–H and O–H groups in total. The van der Waals surface area contributed by atoms with Crippen molar-refractivity contribution >= 4 is 27.1 Å². The van der Waals surface area contributed by atoms with Crippen LogP contribution in [0.25, 0.3) is 16.9 Å². The molecule has 1 aromatic carbocycles. The molecule has 0 amide bonds. The van der Waals surface area contributed by atoms with Crippen molar-refractivity contribution in [1.82, 2.24) is 14.5 Å². The molecule has 0 atom stereocenters. The van der Waals surface area contributed by atoms with Gasteiger partial charge in [0.2, 0.25) is 0 Å². The summed E-state index contributed by atoms with van der Waals surface area (Å²) in [6.07, 6.45) is 2.25. The zero-order valence-corrected chi connectivity index (χ0v) is 11.7. The van der Waals surface area contributed by atoms with Gasteiger partial charge >= 0.3 is 0 Å². The summed E-state index contributed by atoms with van der Waals surface area (Å²) in [6.45, 7) is 0.0668. The third kappa shape index (κ3) is 2.27. The molecule has 4 nitrogen and oxygen atoms in total. The van der Waals surface area contributed by atoms with Crippen LogP contribution in [0.4, 0.5) is 0 Å². The van der Waals surface area contributed by atoms with Gasteiger partial charge in [0.25, 0.3) is 0 Å². The van der Waals surface area contributed by atoms with Crippen molar-refractivity contribution in [2.45, 2.75) is 6.42 Å². The van der Waals surface area contributed by atoms with Gasteiger partial charge in [0.1, 0.15) is 11.3 Å². The van der Waals surface area contributed by atoms with E-state index in [4.69, 9.17) is 0 Å². The number of rotatable bonds is 3. The number of nitrogens with zero attached hydrogens (tertiary/aromatic N) is 3. The van der Waals surface area contributed by atoms with Crippen LogP contribution in [0.1, 0.15) is 5.82 Å². The Morgan fingerprint density at radius 3 is 2.89 bits per heavy atom. The van der Waals surface area contributed by atoms with Gasteiger partial charge in [-0.05, 0) is 30.3 Å². The van der Waals surface area contributed by atoms with Crippen LogP contribution in [0, 0.1) is 0 Å². The minimum atomic E-state index is 0.0668. The largest absolute Gasteiger partial charge is 0.396 e. The molecule has 5 heteroatoms. The zero-order valence-electron chi connectivity index (χ0n) is 10.1. The van der Waals surface area contributed by atoms with Crippen molar-refractivity contribution in [1.29, 1.82) is 0 Å². The molecule has 0 saturated heterocycles. The summed E-state index contributed by atoms with van der Waals surface area (Å²) < 4.78 is 2.98. The highest BCUT2D eigenvalue weighted by Gasteiger charge is 2.12. The third-order valence-electron chi connectivity index (χ3n) is 2.89. The van der Waals surface area contributed by atoms with Crippen LogP contribution in [-0.4, -0.2) is 26.2 Å². The summed E-state index contributed by atoms with van der Waals surface area (Å²) in [5, 5.41) is 9.19. The van der Waals surface area contributed by atoms with E-state index in [0.29, 0.717) is 6.42 Å². The molecule has 2 aromatic heterocycles. The number of aliphatic hydroxyl groups is 1. The summed E-state index contributed by atoms with van der Waals surface area (Å²) in [4.78, 5) is 8.93. The molecule has 0 aliphatic rings. The van der Waals surface area contributed by atoms with Gasteiger partial charge in [-0.1, -0.05) is 22.0 Å². The van der Waals surface area contributed by atoms with E-state index >= 15 is 0 Å². The first-order chi connectivity index (χ1) is 9.29. The Hall–Kier alpha value is -1.72. The van der Waals surface area contributed by atoms with Crippen molar-refractivity contribution in [3.63, 3.8) is 0 Å². The van der Waals surface area contributed by atoms with E-state index in [1.54, 1.807) is 6.20 Å². The van der Waals surface area contributed by atoms with Crippen molar-refractivity contribution in [2.24, 2.45) is 0 Å². The first-order valence-corrected chi connectivity index (χ1v) is 6.78. The molecular formula is C14H12BrN3O. The number of imidazole rings is 1. The smallest absolute Gasteiger partial charge is 0.164 e. The Kier molecular flexibility index (Phi) is 3.31. The first kappa shape index (κ1) is 12.3. The van der Waals surface area contributed by atoms with Crippen molar-refractivity contribution in [2.75, 3.05) is 6.61 Å². The van der Waals surface area contributed by atoms with Crippen LogP contribution in [0.2, 0.25) is 0 Å². The third-order valence-corrected chi connectivity index (χ3v) is 3.38. The summed E-state index contributed by atoms with van der Waals surface area (Å²) in [5.41, 5.74) is 2.63. The fourth-order valence-electron chi connectivity index (χ4n) is 2.11. The highest BCUT2D eigenvalue weighted by Crippen LogP contribution is 2.22. The maximum absolute atomic E-state index is 9.19. The molecule has 0 aliphatic heterocycles. The van der Waals surface area contributed by atoms with Gasteiger partial charge in [-0.2, -0.15) is 0 Å². The van der Waals surface area contributed by atoms with Crippen molar-refractivity contribution < 1.29 is 5.11 Å². The molecular weight excluding hydrogens is 306 g/mol. The second-order valence-electron chi connectivity index (χ2n) is 4.16. The highest BCUT2D eigenvalue weighted by molar-refractivity contribution is 9.10. The van der Waals surface area contributed by atoms with Crippen LogP contribution in [0.3, 0.4) is 0 Å². The molecule has 0 aliphatic carbocycles. The van der Waals surface area contributed by atoms with Gasteiger partial charge < -0.3 is 5.11 Å². The van der Waals surface area contributed by atoms with Crippen LogP contribution in [-0.2, 0) is 6.42 Å². The maximum Gasteiger partial charge on any atom is 0.164 e. The average Bonchev–Trinajstić information content (AvgIpc) is 2.77. The van der Waals surface area contributed by atoms with E-state index in [2.05, 4.69) is 25.9 Å². The zero-order chi connectivity index (χ0) is 13.2. The summed E-state index contributed by atoms with van der Waals surface area (Å²) in [5.74, 6) is 0.814. The molecule has 0 radical (unpaired) electrons. The minimum Gasteiger partial charge on any atom is -0.396 e. The first-order valence-electron chi connectivity index (χ1n) is 5.99. The lowest BCUT2D eigenvalue weighted by atomic mass is 10.3. The molecule has 2 heterocycles. The molecule has 3 rings (SSSR count). The van der Waals surface area contributed by atoms with Crippen LogP contribution in [0.5, 0.6) is 0 Å². The number of aliphatic hydroxyl groups excluding tert-OH is 1. The molecule has 0 spiro atoms. The van der Waals surface area contributed by atoms with Gasteiger partial charge in [-0.25, -0.2) is 9.97 Å². The Labute approximate surface area is 118 Å². The van der Waals surface area contributed by atoms with E-state index in [-0.39, 0.29) is 6.61 Å². The van der Waals surface area contributed by atoms with Crippen LogP contribution in [0.15, 0.2) is 47.1 Å². The molecule has 0 saturated carbocycles. The minimum absolute atomic E-state index is 0.0668. The van der Waals surface area contributed by atoms with E-state index in [1.807, 2.05) is 41.0 Å². The standard InChI is InChI=1S/C14H12BrN3O/c15-10-3-1-4-11(9-10)18-13(6-8-19)17-12-5-2-7-16-14(12)18/h1-5,7,9,19H,6,8H2. The fourth-order valence-corrected chi connectivity index (χ4v) is 2.50. The number of hydrogen-bond donors (Lipinski definition) is 1. The lowest BCUT2D eigenvalue weighted by molar-refractivity contribution is 0.296. The number of pyridine rings is 1. The lowest BCUT2D eigenvalue weighted by Crippen LogP contribution is -2.04. The Morgan fingerprint density at radius 1 is 1.21 bits per heavy atom. The van der Waals surface area contributed by atoms with Gasteiger partial charge in [0.05, 0.1) is 6.61 Å². The molecule has 3 aromatic rings. The number of hydrogen-bond acceptors (Lipinski definition) is 3. The van der Waals surface area contributed by atoms with E-state index in [1.165, 1.54) is 0 Å². The Bertz CT molecular complexity index is 724. The fraction of sp³-hybridized carbons (Fsp3) is 0.143. The Morgan fingerprint density at radius 2 is 2.11 bits per heavy atom. The summed E-state index contributed by atoms with van der Waals surface area (Å²) in [6, 6.07) is 11.7. The average molecular weight is 318 g/mol. The van der Waals surface area contributed by atoms with E-state index in [9.17, 15) is 5.11 Å². The molecule has 96 valence electrons. The highest BCUT2D eigenvalue weighted by atomic mass is 79.9. The molecule has 0 fully saturated rings. The van der Waals surface area contributed by atoms with Gasteiger partial charge in [0.15, 0.2) is 5.65 Å². The number of benzene rings is 1. The van der Waals surface area contributed by atoms with Gasteiger partial charge in [-0.3, -0.25) is 4.57 Å². The van der Waals surface area contributed by atoms with E-state index < -0.39 is 0 Å². The second-order valence-corrected chi connectivity index (χ2v) is 5.08. The van der Waals surface area contributed by atoms with Crippen molar-refractivity contribution in [3.05, 3.63) is 52.9 Å². The van der Waals surface area contributed by atoms with Crippen molar-refractivity contribution in [3.8, 4) is 5.69 Å². The van der Waals surface area contributed by atoms with E-state index in [0.717, 1.165) is 27.1 Å². The second kappa shape index (κ2) is 5.11. The lowest BCUT2D eigenvalue weighted by Gasteiger charge is -2.08. The number of fused-ring (bicyclic) bond motifs is 1. The monoisotopic (exact) mass is 317 g/mol. The topological polar surface area (TPSA) is 50.9 Å². The SMILES string of the molecule is OCCc1nc2cccnc2n1-c1cccc(Br)c1. The van der Waals surface area contributed by atoms with Crippen LogP contribution >= 0.6 is 15.9 Å². The predicted molar refractivity (Wildman–Crippen MR) is 77.4 cm³/mol. The molecule has 0 unspecified atom stereocenters. The predicted octanol–water partition coefficient (Wildman–Crippen LogP) is 2.72. The van der Waals surface area contributed by atoms with Gasteiger partial charge in [0, 0.05) is 22.8 Å². The number of halogens is 1. The van der Waals surface area contributed by atoms with Crippen LogP contribution < -0.4 is 0 Å². The van der Waals surface area contributed by atoms with Gasteiger partial charge in [-0.15, -0.1) is 0 Å². The molecule has 19 heavy (non-hydrogen) atoms. The normalized spacial score (nSPS) is 11.1. The molecule has 0 bridgehead atoms. The maximum atomic E-state index is 9.19. The summed E-state index contributed by atoms with van der Waals surface area (Å²) >= 11 is 3.47. The Balaban J connectivity index is 2.28. The summed E-state index contributed by atoms with van der Waals surface area (Å²) in [7, 11) is 0. The number of aromatic nitrogens is 3. The quantitative estimate of drug-likeness (QED) is 0.808.